The third kappa shape index (κ3) is 3.27. The van der Waals surface area contributed by atoms with Gasteiger partial charge in [0.25, 0.3) is 0 Å². The van der Waals surface area contributed by atoms with E-state index in [2.05, 4.69) is 19.9 Å². The highest BCUT2D eigenvalue weighted by molar-refractivity contribution is 6.30. The van der Waals surface area contributed by atoms with Crippen molar-refractivity contribution < 1.29 is 0 Å². The van der Waals surface area contributed by atoms with Gasteiger partial charge in [-0.15, -0.1) is 0 Å². The molecule has 0 aromatic heterocycles. The molecule has 0 spiro atoms. The molecule has 1 fully saturated rings. The molecule has 1 aliphatic carbocycles. The Hall–Kier alpha value is -0.530. The molecule has 0 aliphatic heterocycles. The molecule has 2 N–H and O–H groups in total. The lowest BCUT2D eigenvalue weighted by Crippen LogP contribution is -2.27. The Balaban J connectivity index is 1.97. The maximum atomic E-state index is 6.40. The smallest absolute Gasteiger partial charge is 0.0409 e. The van der Waals surface area contributed by atoms with Crippen LogP contribution >= 0.6 is 11.6 Å². The van der Waals surface area contributed by atoms with Crippen LogP contribution in [0.5, 0.6) is 0 Å². The molecule has 2 rings (SSSR count). The molecule has 0 heterocycles. The zero-order chi connectivity index (χ0) is 13.1. The Morgan fingerprint density at radius 2 is 1.72 bits per heavy atom. The summed E-state index contributed by atoms with van der Waals surface area (Å²) in [5.41, 5.74) is 7.59. The van der Waals surface area contributed by atoms with Gasteiger partial charge < -0.3 is 5.73 Å². The van der Waals surface area contributed by atoms with Crippen LogP contribution in [0, 0.1) is 17.8 Å². The molecule has 1 atom stereocenters. The van der Waals surface area contributed by atoms with E-state index in [4.69, 9.17) is 17.3 Å². The second kappa shape index (κ2) is 6.08. The summed E-state index contributed by atoms with van der Waals surface area (Å²) in [6.07, 6.45) is 5.18. The van der Waals surface area contributed by atoms with E-state index in [0.29, 0.717) is 5.92 Å². The first kappa shape index (κ1) is 13.9. The van der Waals surface area contributed by atoms with Gasteiger partial charge in [-0.1, -0.05) is 37.6 Å². The van der Waals surface area contributed by atoms with Gasteiger partial charge in [-0.2, -0.15) is 0 Å². The van der Waals surface area contributed by atoms with Gasteiger partial charge in [-0.05, 0) is 61.1 Å². The van der Waals surface area contributed by atoms with Gasteiger partial charge in [0.05, 0.1) is 0 Å². The molecular formula is C16H24ClN. The molecule has 0 bridgehead atoms. The van der Waals surface area contributed by atoms with E-state index >= 15 is 0 Å². The summed E-state index contributed by atoms with van der Waals surface area (Å²) in [4.78, 5) is 0. The number of hydrogen-bond acceptors (Lipinski definition) is 1. The Labute approximate surface area is 116 Å². The largest absolute Gasteiger partial charge is 0.324 e. The van der Waals surface area contributed by atoms with Crippen LogP contribution in [0.25, 0.3) is 0 Å². The van der Waals surface area contributed by atoms with Crippen LogP contribution in [0.1, 0.15) is 51.1 Å². The fraction of sp³-hybridized carbons (Fsp3) is 0.625. The van der Waals surface area contributed by atoms with Crippen molar-refractivity contribution in [2.24, 2.45) is 23.5 Å². The first-order chi connectivity index (χ1) is 8.58. The summed E-state index contributed by atoms with van der Waals surface area (Å²) >= 11 is 6.04. The van der Waals surface area contributed by atoms with Crippen molar-refractivity contribution in [3.8, 4) is 0 Å². The average molecular weight is 266 g/mol. The molecule has 1 aliphatic rings. The molecule has 1 aromatic carbocycles. The lowest BCUT2D eigenvalue weighted by atomic mass is 9.73. The van der Waals surface area contributed by atoms with Crippen LogP contribution in [0.2, 0.25) is 5.02 Å². The van der Waals surface area contributed by atoms with Gasteiger partial charge in [-0.25, -0.2) is 0 Å². The molecule has 1 aromatic rings. The molecule has 1 unspecified atom stereocenters. The van der Waals surface area contributed by atoms with Crippen molar-refractivity contribution in [1.82, 2.24) is 0 Å². The van der Waals surface area contributed by atoms with Gasteiger partial charge in [0.1, 0.15) is 0 Å². The van der Waals surface area contributed by atoms with Crippen LogP contribution < -0.4 is 5.73 Å². The second-order valence-corrected chi connectivity index (χ2v) is 6.44. The fourth-order valence-electron chi connectivity index (χ4n) is 3.16. The zero-order valence-corrected chi connectivity index (χ0v) is 12.2. The molecule has 1 saturated carbocycles. The number of benzene rings is 1. The van der Waals surface area contributed by atoms with Crippen LogP contribution in [0.3, 0.4) is 0 Å². The van der Waals surface area contributed by atoms with E-state index in [0.717, 1.165) is 16.9 Å². The molecule has 0 amide bonds. The number of nitrogens with two attached hydrogens (primary N) is 1. The average Bonchev–Trinajstić information content (AvgIpc) is 2.38. The van der Waals surface area contributed by atoms with Gasteiger partial charge in [0.2, 0.25) is 0 Å². The van der Waals surface area contributed by atoms with Crippen LogP contribution in [0.15, 0.2) is 24.3 Å². The van der Waals surface area contributed by atoms with Crippen molar-refractivity contribution in [1.29, 1.82) is 0 Å². The first-order valence-electron chi connectivity index (χ1n) is 7.09. The normalized spacial score (nSPS) is 26.3. The van der Waals surface area contributed by atoms with E-state index in [-0.39, 0.29) is 6.04 Å². The van der Waals surface area contributed by atoms with Gasteiger partial charge in [0, 0.05) is 11.1 Å². The third-order valence-electron chi connectivity index (χ3n) is 4.50. The summed E-state index contributed by atoms with van der Waals surface area (Å²) in [6.45, 7) is 4.67. The van der Waals surface area contributed by atoms with Gasteiger partial charge >= 0.3 is 0 Å². The summed E-state index contributed by atoms with van der Waals surface area (Å²) in [6, 6.07) is 8.17. The highest BCUT2D eigenvalue weighted by atomic mass is 35.5. The van der Waals surface area contributed by atoms with Crippen molar-refractivity contribution in [3.05, 3.63) is 34.9 Å². The van der Waals surface area contributed by atoms with E-state index in [1.807, 2.05) is 18.2 Å². The quantitative estimate of drug-likeness (QED) is 0.835. The van der Waals surface area contributed by atoms with Crippen molar-refractivity contribution in [2.75, 3.05) is 0 Å². The molecule has 0 saturated heterocycles. The topological polar surface area (TPSA) is 26.0 Å². The minimum atomic E-state index is 0.150. The highest BCUT2D eigenvalue weighted by Crippen LogP contribution is 2.38. The summed E-state index contributed by atoms with van der Waals surface area (Å²) in [5, 5.41) is 0.791. The summed E-state index contributed by atoms with van der Waals surface area (Å²) < 4.78 is 0. The predicted octanol–water partition coefficient (Wildman–Crippen LogP) is 4.80. The molecule has 0 radical (unpaired) electrons. The summed E-state index contributed by atoms with van der Waals surface area (Å²) in [7, 11) is 0. The monoisotopic (exact) mass is 265 g/mol. The number of rotatable bonds is 3. The van der Waals surface area contributed by atoms with Crippen LogP contribution in [-0.2, 0) is 0 Å². The Bertz CT molecular complexity index is 380. The zero-order valence-electron chi connectivity index (χ0n) is 11.4. The Morgan fingerprint density at radius 3 is 2.28 bits per heavy atom. The van der Waals surface area contributed by atoms with E-state index in [9.17, 15) is 0 Å². The summed E-state index contributed by atoms with van der Waals surface area (Å²) in [5.74, 6) is 2.33. The number of hydrogen-bond donors (Lipinski definition) is 1. The molecular weight excluding hydrogens is 242 g/mol. The molecule has 1 nitrogen and oxygen atoms in total. The SMILES string of the molecule is CC(C)C1CCC(C(N)c2cccc(Cl)c2)CC1. The van der Waals surface area contributed by atoms with Gasteiger partial charge in [0.15, 0.2) is 0 Å². The fourth-order valence-corrected chi connectivity index (χ4v) is 3.36. The number of halogens is 1. The highest BCUT2D eigenvalue weighted by Gasteiger charge is 2.27. The van der Waals surface area contributed by atoms with E-state index < -0.39 is 0 Å². The minimum absolute atomic E-state index is 0.150. The van der Waals surface area contributed by atoms with Gasteiger partial charge in [-0.3, -0.25) is 0 Å². The lowest BCUT2D eigenvalue weighted by Gasteiger charge is -2.34. The van der Waals surface area contributed by atoms with Crippen LogP contribution in [-0.4, -0.2) is 0 Å². The molecule has 100 valence electrons. The van der Waals surface area contributed by atoms with Crippen molar-refractivity contribution >= 4 is 11.6 Å². The van der Waals surface area contributed by atoms with E-state index in [1.165, 1.54) is 31.2 Å². The minimum Gasteiger partial charge on any atom is -0.324 e. The van der Waals surface area contributed by atoms with E-state index in [1.54, 1.807) is 0 Å². The Kier molecular flexibility index (Phi) is 4.69. The van der Waals surface area contributed by atoms with Crippen molar-refractivity contribution in [3.63, 3.8) is 0 Å². The lowest BCUT2D eigenvalue weighted by molar-refractivity contribution is 0.203. The standard InChI is InChI=1S/C16H24ClN/c1-11(2)12-6-8-13(9-7-12)16(18)14-4-3-5-15(17)10-14/h3-5,10-13,16H,6-9,18H2,1-2H3. The maximum absolute atomic E-state index is 6.40. The maximum Gasteiger partial charge on any atom is 0.0409 e. The first-order valence-corrected chi connectivity index (χ1v) is 7.46. The second-order valence-electron chi connectivity index (χ2n) is 6.00. The Morgan fingerprint density at radius 1 is 1.11 bits per heavy atom. The predicted molar refractivity (Wildman–Crippen MR) is 78.7 cm³/mol. The van der Waals surface area contributed by atoms with Crippen molar-refractivity contribution in [2.45, 2.75) is 45.6 Å². The molecule has 2 heteroatoms. The molecule has 18 heavy (non-hydrogen) atoms. The van der Waals surface area contributed by atoms with Crippen LogP contribution in [0.4, 0.5) is 0 Å². The third-order valence-corrected chi connectivity index (χ3v) is 4.74.